The first kappa shape index (κ1) is 19.8. The number of amides is 1. The van der Waals surface area contributed by atoms with Gasteiger partial charge in [0, 0.05) is 19.0 Å². The van der Waals surface area contributed by atoms with Gasteiger partial charge >= 0.3 is 0 Å². The van der Waals surface area contributed by atoms with Crippen molar-refractivity contribution in [3.8, 4) is 5.75 Å². The Morgan fingerprint density at radius 2 is 2.10 bits per heavy atom. The zero-order chi connectivity index (χ0) is 20.6. The SMILES string of the molecule is CCc1nc(CN2C(=O)COc3ccc(S(=O)(=O)N4CCCC[C@@H]4C)cc32)no1. The molecule has 1 aromatic carbocycles. The molecule has 0 spiro atoms. The molecule has 0 bridgehead atoms. The van der Waals surface area contributed by atoms with Crippen molar-refractivity contribution in [2.24, 2.45) is 0 Å². The lowest BCUT2D eigenvalue weighted by molar-refractivity contribution is -0.121. The highest BCUT2D eigenvalue weighted by molar-refractivity contribution is 7.89. The summed E-state index contributed by atoms with van der Waals surface area (Å²) in [6.07, 6.45) is 3.31. The van der Waals surface area contributed by atoms with E-state index in [9.17, 15) is 13.2 Å². The molecule has 1 amide bonds. The van der Waals surface area contributed by atoms with Crippen LogP contribution in [0, 0.1) is 0 Å². The summed E-state index contributed by atoms with van der Waals surface area (Å²) in [6, 6.07) is 4.59. The number of aryl methyl sites for hydroxylation is 1. The zero-order valence-corrected chi connectivity index (χ0v) is 17.3. The first-order valence-corrected chi connectivity index (χ1v) is 11.2. The molecule has 2 aliphatic rings. The number of nitrogens with zero attached hydrogens (tertiary/aromatic N) is 4. The first-order chi connectivity index (χ1) is 13.9. The van der Waals surface area contributed by atoms with E-state index in [1.165, 1.54) is 17.0 Å². The maximum atomic E-state index is 13.2. The van der Waals surface area contributed by atoms with E-state index in [-0.39, 0.29) is 30.0 Å². The normalized spacial score (nSPS) is 20.4. The van der Waals surface area contributed by atoms with Crippen molar-refractivity contribution in [3.05, 3.63) is 29.9 Å². The van der Waals surface area contributed by atoms with Crippen molar-refractivity contribution in [1.29, 1.82) is 0 Å². The van der Waals surface area contributed by atoms with Gasteiger partial charge in [-0.25, -0.2) is 8.42 Å². The molecule has 0 N–H and O–H groups in total. The summed E-state index contributed by atoms with van der Waals surface area (Å²) in [6.45, 7) is 4.28. The van der Waals surface area contributed by atoms with Crippen LogP contribution in [0.2, 0.25) is 0 Å². The van der Waals surface area contributed by atoms with Gasteiger partial charge in [-0.2, -0.15) is 9.29 Å². The Balaban J connectivity index is 1.68. The van der Waals surface area contributed by atoms with Gasteiger partial charge < -0.3 is 9.26 Å². The summed E-state index contributed by atoms with van der Waals surface area (Å²) in [5, 5.41) is 3.90. The van der Waals surface area contributed by atoms with Gasteiger partial charge in [-0.1, -0.05) is 18.5 Å². The number of aromatic nitrogens is 2. The summed E-state index contributed by atoms with van der Waals surface area (Å²) in [5.74, 6) is 1.01. The van der Waals surface area contributed by atoms with E-state index in [0.717, 1.165) is 19.3 Å². The van der Waals surface area contributed by atoms with Crippen molar-refractivity contribution in [1.82, 2.24) is 14.4 Å². The van der Waals surface area contributed by atoms with E-state index in [2.05, 4.69) is 10.1 Å². The number of carbonyl (C=O) groups is 1. The van der Waals surface area contributed by atoms with Gasteiger partial charge in [0.2, 0.25) is 15.9 Å². The van der Waals surface area contributed by atoms with Crippen molar-refractivity contribution in [2.45, 2.75) is 57.0 Å². The smallest absolute Gasteiger partial charge is 0.265 e. The number of ether oxygens (including phenoxy) is 1. The molecule has 1 fully saturated rings. The number of sulfonamides is 1. The Kier molecular flexibility index (Phi) is 5.30. The lowest BCUT2D eigenvalue weighted by Crippen LogP contribution is -2.42. The van der Waals surface area contributed by atoms with Crippen molar-refractivity contribution in [3.63, 3.8) is 0 Å². The largest absolute Gasteiger partial charge is 0.482 e. The molecule has 3 heterocycles. The van der Waals surface area contributed by atoms with E-state index in [1.807, 2.05) is 13.8 Å². The van der Waals surface area contributed by atoms with Gasteiger partial charge in [0.1, 0.15) is 5.75 Å². The molecule has 2 aliphatic heterocycles. The fourth-order valence-electron chi connectivity index (χ4n) is 3.72. The monoisotopic (exact) mass is 420 g/mol. The van der Waals surface area contributed by atoms with E-state index in [4.69, 9.17) is 9.26 Å². The number of hydrogen-bond donors (Lipinski definition) is 0. The van der Waals surface area contributed by atoms with Crippen LogP contribution >= 0.6 is 0 Å². The lowest BCUT2D eigenvalue weighted by Gasteiger charge is -2.33. The average molecular weight is 420 g/mol. The Morgan fingerprint density at radius 1 is 1.28 bits per heavy atom. The Hall–Kier alpha value is -2.46. The highest BCUT2D eigenvalue weighted by Gasteiger charge is 2.34. The number of hydrogen-bond acceptors (Lipinski definition) is 7. The van der Waals surface area contributed by atoms with E-state index < -0.39 is 10.0 Å². The van der Waals surface area contributed by atoms with Crippen LogP contribution in [0.5, 0.6) is 5.75 Å². The van der Waals surface area contributed by atoms with E-state index in [1.54, 1.807) is 10.4 Å². The van der Waals surface area contributed by atoms with E-state index >= 15 is 0 Å². The molecule has 1 atom stereocenters. The molecule has 0 aliphatic carbocycles. The van der Waals surface area contributed by atoms with Gasteiger partial charge in [0.25, 0.3) is 5.91 Å². The second kappa shape index (κ2) is 7.75. The number of benzene rings is 1. The molecule has 29 heavy (non-hydrogen) atoms. The van der Waals surface area contributed by atoms with Crippen LogP contribution in [0.4, 0.5) is 5.69 Å². The molecule has 2 aromatic rings. The van der Waals surface area contributed by atoms with E-state index in [0.29, 0.717) is 36.1 Å². The van der Waals surface area contributed by atoms with Crippen molar-refractivity contribution >= 4 is 21.6 Å². The molecule has 9 nitrogen and oxygen atoms in total. The summed E-state index contributed by atoms with van der Waals surface area (Å²) >= 11 is 0. The second-order valence-corrected chi connectivity index (χ2v) is 9.21. The predicted molar refractivity (Wildman–Crippen MR) is 104 cm³/mol. The average Bonchev–Trinajstić information content (AvgIpc) is 3.18. The molecule has 4 rings (SSSR count). The Morgan fingerprint density at radius 3 is 2.83 bits per heavy atom. The zero-order valence-electron chi connectivity index (χ0n) is 16.5. The van der Waals surface area contributed by atoms with Gasteiger partial charge in [0.05, 0.1) is 17.1 Å². The van der Waals surface area contributed by atoms with Crippen LogP contribution in [-0.2, 0) is 27.8 Å². The number of carbonyl (C=O) groups excluding carboxylic acids is 1. The Labute approximate surface area is 169 Å². The minimum absolute atomic E-state index is 0.0504. The maximum Gasteiger partial charge on any atom is 0.265 e. The number of fused-ring (bicyclic) bond motifs is 1. The molecule has 0 unspecified atom stereocenters. The third kappa shape index (κ3) is 3.74. The summed E-state index contributed by atoms with van der Waals surface area (Å²) in [4.78, 5) is 18.3. The maximum absolute atomic E-state index is 13.2. The van der Waals surface area contributed by atoms with Crippen LogP contribution in [0.25, 0.3) is 0 Å². The summed E-state index contributed by atoms with van der Waals surface area (Å²) in [7, 11) is -3.67. The predicted octanol–water partition coefficient (Wildman–Crippen LogP) is 2.12. The minimum Gasteiger partial charge on any atom is -0.482 e. The van der Waals surface area contributed by atoms with Gasteiger partial charge in [0.15, 0.2) is 12.4 Å². The van der Waals surface area contributed by atoms with Crippen LogP contribution < -0.4 is 9.64 Å². The molecule has 10 heteroatoms. The number of piperidine rings is 1. The molecule has 0 radical (unpaired) electrons. The van der Waals surface area contributed by atoms with Crippen LogP contribution in [0.3, 0.4) is 0 Å². The molecular weight excluding hydrogens is 396 g/mol. The van der Waals surface area contributed by atoms with Crippen molar-refractivity contribution < 1.29 is 22.5 Å². The molecule has 0 saturated carbocycles. The second-order valence-electron chi connectivity index (χ2n) is 7.32. The molecular formula is C19H24N4O5S. The molecule has 1 saturated heterocycles. The number of anilines is 1. The van der Waals surface area contributed by atoms with Gasteiger partial charge in [-0.15, -0.1) is 0 Å². The van der Waals surface area contributed by atoms with Crippen LogP contribution in [0.15, 0.2) is 27.6 Å². The molecule has 156 valence electrons. The first-order valence-electron chi connectivity index (χ1n) is 9.80. The van der Waals surface area contributed by atoms with Crippen LogP contribution in [0.1, 0.15) is 44.8 Å². The fraction of sp³-hybridized carbons (Fsp3) is 0.526. The Bertz CT molecular complexity index is 1020. The lowest BCUT2D eigenvalue weighted by atomic mass is 10.1. The highest BCUT2D eigenvalue weighted by atomic mass is 32.2. The third-order valence-corrected chi connectivity index (χ3v) is 7.34. The van der Waals surface area contributed by atoms with Crippen LogP contribution in [-0.4, -0.2) is 48.0 Å². The van der Waals surface area contributed by atoms with Gasteiger partial charge in [-0.05, 0) is 38.0 Å². The quantitative estimate of drug-likeness (QED) is 0.729. The summed E-state index contributed by atoms with van der Waals surface area (Å²) in [5.41, 5.74) is 0.398. The number of rotatable bonds is 5. The minimum atomic E-state index is -3.67. The topological polar surface area (TPSA) is 106 Å². The standard InChI is InChI=1S/C19H24N4O5S/c1-3-18-20-17(21-28-18)11-22-15-10-14(7-8-16(15)27-12-19(22)24)29(25,26)23-9-5-4-6-13(23)2/h7-8,10,13H,3-6,9,11-12H2,1-2H3/t13-/m0/s1. The molecule has 1 aromatic heterocycles. The fourth-order valence-corrected chi connectivity index (χ4v) is 5.44. The summed E-state index contributed by atoms with van der Waals surface area (Å²) < 4.78 is 38.6. The van der Waals surface area contributed by atoms with Crippen molar-refractivity contribution in [2.75, 3.05) is 18.1 Å². The third-order valence-electron chi connectivity index (χ3n) is 5.33. The highest BCUT2D eigenvalue weighted by Crippen LogP contribution is 2.36. The van der Waals surface area contributed by atoms with Gasteiger partial charge in [-0.3, -0.25) is 9.69 Å².